The molecule has 0 fully saturated rings. The number of halogens is 1. The van der Waals surface area contributed by atoms with Crippen LogP contribution in [-0.2, 0) is 0 Å². The van der Waals surface area contributed by atoms with Crippen molar-refractivity contribution in [2.45, 2.75) is 6.92 Å². The van der Waals surface area contributed by atoms with Crippen molar-refractivity contribution in [3.63, 3.8) is 0 Å². The van der Waals surface area contributed by atoms with E-state index in [4.69, 9.17) is 16.9 Å². The van der Waals surface area contributed by atoms with Gasteiger partial charge >= 0.3 is 0 Å². The third kappa shape index (κ3) is 5.99. The lowest BCUT2D eigenvalue weighted by Gasteiger charge is -2.15. The number of nitrogen functional groups attached to an aromatic ring is 2. The van der Waals surface area contributed by atoms with Crippen LogP contribution >= 0.6 is 12.4 Å². The highest BCUT2D eigenvalue weighted by Gasteiger charge is 2.12. The second-order valence-corrected chi connectivity index (χ2v) is 8.14. The van der Waals surface area contributed by atoms with Crippen LogP contribution in [0, 0.1) is 12.3 Å². The quantitative estimate of drug-likeness (QED) is 0.230. The van der Waals surface area contributed by atoms with Gasteiger partial charge in [-0.25, -0.2) is 0 Å². The van der Waals surface area contributed by atoms with E-state index in [0.717, 1.165) is 50.0 Å². The van der Waals surface area contributed by atoms with E-state index in [-0.39, 0.29) is 12.4 Å². The van der Waals surface area contributed by atoms with Crippen molar-refractivity contribution >= 4 is 45.8 Å². The second kappa shape index (κ2) is 11.2. The molecule has 0 atom stereocenters. The molecule has 176 valence electrons. The van der Waals surface area contributed by atoms with Gasteiger partial charge in [0.25, 0.3) is 0 Å². The Kier molecular flexibility index (Phi) is 8.13. The fraction of sp³-hybridized carbons (Fsp3) is 0.0333. The number of anilines is 2. The molecule has 0 saturated heterocycles. The van der Waals surface area contributed by atoms with E-state index >= 15 is 0 Å². The second-order valence-electron chi connectivity index (χ2n) is 8.14. The van der Waals surface area contributed by atoms with E-state index in [0.29, 0.717) is 11.5 Å². The lowest BCUT2D eigenvalue weighted by atomic mass is 9.90. The zero-order valence-electron chi connectivity index (χ0n) is 19.4. The first kappa shape index (κ1) is 25.3. The standard InChI is InChI=1S/C20H19N3.C10H8O.ClH/c1-13-12-16(6-11-19(13)23)20(14-2-7-17(21)8-3-14)15-4-9-18(22)10-5-15;11-10-7-3-5-8-4-1-2-6-9(8)10;/h2-12,21H,22-23H2,1H3;1-7,11H;1H. The van der Waals surface area contributed by atoms with Crippen molar-refractivity contribution in [1.29, 1.82) is 5.41 Å². The minimum atomic E-state index is 0. The number of allylic oxidation sites excluding steroid dienone is 5. The summed E-state index contributed by atoms with van der Waals surface area (Å²) in [4.78, 5) is 0. The first-order chi connectivity index (χ1) is 16.4. The summed E-state index contributed by atoms with van der Waals surface area (Å²) in [7, 11) is 0. The summed E-state index contributed by atoms with van der Waals surface area (Å²) >= 11 is 0. The highest BCUT2D eigenvalue weighted by molar-refractivity contribution is 6.05. The minimum Gasteiger partial charge on any atom is -0.507 e. The molecule has 0 aliphatic heterocycles. The molecule has 0 bridgehead atoms. The molecule has 0 heterocycles. The average molecular weight is 482 g/mol. The number of aromatic hydroxyl groups is 1. The maximum Gasteiger partial charge on any atom is 0.123 e. The molecule has 1 aliphatic carbocycles. The Balaban J connectivity index is 0.000000239. The number of phenolic OH excluding ortho intramolecular Hbond substituents is 1. The maximum absolute atomic E-state index is 9.37. The normalized spacial score (nSPS) is 12.0. The third-order valence-corrected chi connectivity index (χ3v) is 5.70. The predicted octanol–water partition coefficient (Wildman–Crippen LogP) is 7.07. The van der Waals surface area contributed by atoms with Crippen molar-refractivity contribution in [2.75, 3.05) is 11.5 Å². The summed E-state index contributed by atoms with van der Waals surface area (Å²) in [5.41, 5.74) is 19.2. The average Bonchev–Trinajstić information content (AvgIpc) is 2.85. The molecular formula is C30H28ClN3O. The van der Waals surface area contributed by atoms with Crippen LogP contribution in [0.4, 0.5) is 11.4 Å². The van der Waals surface area contributed by atoms with Crippen LogP contribution in [-0.4, -0.2) is 10.8 Å². The Hall–Kier alpha value is -4.28. The summed E-state index contributed by atoms with van der Waals surface area (Å²) in [6, 6.07) is 27.2. The van der Waals surface area contributed by atoms with Gasteiger partial charge in [-0.05, 0) is 82.6 Å². The monoisotopic (exact) mass is 481 g/mol. The molecule has 5 heteroatoms. The van der Waals surface area contributed by atoms with E-state index in [2.05, 4.69) is 6.07 Å². The Morgan fingerprint density at radius 2 is 1.37 bits per heavy atom. The molecular weight excluding hydrogens is 454 g/mol. The van der Waals surface area contributed by atoms with Gasteiger partial charge in [0, 0.05) is 16.8 Å². The first-order valence-corrected chi connectivity index (χ1v) is 11.0. The van der Waals surface area contributed by atoms with Gasteiger partial charge < -0.3 is 22.0 Å². The third-order valence-electron chi connectivity index (χ3n) is 5.70. The number of phenols is 1. The van der Waals surface area contributed by atoms with E-state index < -0.39 is 0 Å². The van der Waals surface area contributed by atoms with Crippen LogP contribution in [0.3, 0.4) is 0 Å². The zero-order valence-corrected chi connectivity index (χ0v) is 20.2. The van der Waals surface area contributed by atoms with Crippen LogP contribution in [0.5, 0.6) is 5.75 Å². The molecule has 1 aliphatic rings. The lowest BCUT2D eigenvalue weighted by Crippen LogP contribution is -1.99. The van der Waals surface area contributed by atoms with Crippen LogP contribution in [0.1, 0.15) is 16.7 Å². The van der Waals surface area contributed by atoms with E-state index in [1.54, 1.807) is 18.2 Å². The molecule has 0 aromatic heterocycles. The summed E-state index contributed by atoms with van der Waals surface area (Å²) < 4.78 is 0. The van der Waals surface area contributed by atoms with Gasteiger partial charge in [0.05, 0.1) is 5.71 Å². The SMILES string of the molecule is Cc1cc(C(=C2C=CC(=N)C=C2)c2ccc(N)cc2)ccc1N.Cl.Oc1cccc2ccccc12. The van der Waals surface area contributed by atoms with Gasteiger partial charge in [-0.1, -0.05) is 66.7 Å². The maximum atomic E-state index is 9.37. The van der Waals surface area contributed by atoms with Gasteiger partial charge in [0.1, 0.15) is 5.75 Å². The highest BCUT2D eigenvalue weighted by Crippen LogP contribution is 2.31. The fourth-order valence-electron chi connectivity index (χ4n) is 3.83. The van der Waals surface area contributed by atoms with Crippen LogP contribution in [0.15, 0.2) is 115 Å². The number of rotatable bonds is 2. The number of hydrogen-bond donors (Lipinski definition) is 4. The molecule has 0 saturated carbocycles. The first-order valence-electron chi connectivity index (χ1n) is 11.0. The predicted molar refractivity (Wildman–Crippen MR) is 151 cm³/mol. The van der Waals surface area contributed by atoms with Crippen molar-refractivity contribution in [3.8, 4) is 5.75 Å². The van der Waals surface area contributed by atoms with Crippen LogP contribution < -0.4 is 11.5 Å². The number of hydrogen-bond acceptors (Lipinski definition) is 4. The Morgan fingerprint density at radius 1 is 0.743 bits per heavy atom. The number of nitrogens with two attached hydrogens (primary N) is 2. The molecule has 0 amide bonds. The van der Waals surface area contributed by atoms with E-state index in [9.17, 15) is 5.11 Å². The molecule has 0 spiro atoms. The molecule has 0 unspecified atom stereocenters. The van der Waals surface area contributed by atoms with Crippen molar-refractivity contribution in [1.82, 2.24) is 0 Å². The van der Waals surface area contributed by atoms with Gasteiger partial charge in [-0.3, -0.25) is 0 Å². The van der Waals surface area contributed by atoms with Gasteiger partial charge in [-0.15, -0.1) is 12.4 Å². The molecule has 35 heavy (non-hydrogen) atoms. The number of fused-ring (bicyclic) bond motifs is 1. The highest BCUT2D eigenvalue weighted by atomic mass is 35.5. The van der Waals surface area contributed by atoms with Crippen LogP contribution in [0.25, 0.3) is 16.3 Å². The fourth-order valence-corrected chi connectivity index (χ4v) is 3.83. The number of aryl methyl sites for hydroxylation is 1. The van der Waals surface area contributed by atoms with E-state index in [1.165, 1.54) is 0 Å². The number of benzene rings is 4. The summed E-state index contributed by atoms with van der Waals surface area (Å²) in [5.74, 6) is 0.350. The molecule has 0 radical (unpaired) electrons. The van der Waals surface area contributed by atoms with Crippen molar-refractivity contribution in [2.24, 2.45) is 0 Å². The summed E-state index contributed by atoms with van der Waals surface area (Å²) in [5, 5.41) is 19.0. The number of nitrogens with one attached hydrogen (secondary N) is 1. The Morgan fingerprint density at radius 3 is 2.03 bits per heavy atom. The Bertz CT molecular complexity index is 1430. The van der Waals surface area contributed by atoms with Crippen LogP contribution in [0.2, 0.25) is 0 Å². The van der Waals surface area contributed by atoms with Gasteiger partial charge in [-0.2, -0.15) is 0 Å². The molecule has 5 rings (SSSR count). The van der Waals surface area contributed by atoms with Crippen molar-refractivity contribution < 1.29 is 5.11 Å². The molecule has 4 nitrogen and oxygen atoms in total. The molecule has 6 N–H and O–H groups in total. The van der Waals surface area contributed by atoms with Gasteiger partial charge in [0.2, 0.25) is 0 Å². The summed E-state index contributed by atoms with van der Waals surface area (Å²) in [6.45, 7) is 2.01. The minimum absolute atomic E-state index is 0. The van der Waals surface area contributed by atoms with E-state index in [1.807, 2.05) is 91.9 Å². The van der Waals surface area contributed by atoms with Gasteiger partial charge in [0.15, 0.2) is 0 Å². The lowest BCUT2D eigenvalue weighted by molar-refractivity contribution is 0.481. The van der Waals surface area contributed by atoms with Crippen molar-refractivity contribution in [3.05, 3.63) is 131 Å². The summed E-state index contributed by atoms with van der Waals surface area (Å²) in [6.07, 6.45) is 7.55. The zero-order chi connectivity index (χ0) is 24.1. The largest absolute Gasteiger partial charge is 0.507 e. The molecule has 4 aromatic rings. The topological polar surface area (TPSA) is 96.1 Å². The molecule has 4 aromatic carbocycles. The smallest absolute Gasteiger partial charge is 0.123 e. The Labute approximate surface area is 211 Å².